The zero-order valence-corrected chi connectivity index (χ0v) is 24.1. The second kappa shape index (κ2) is 8.74. The lowest BCUT2D eigenvalue weighted by Gasteiger charge is -2.32. The van der Waals surface area contributed by atoms with Crippen LogP contribution in [0.2, 0.25) is 13.1 Å². The third-order valence-electron chi connectivity index (χ3n) is 8.52. The van der Waals surface area contributed by atoms with Crippen molar-refractivity contribution in [2.24, 2.45) is 0 Å². The van der Waals surface area contributed by atoms with Crippen molar-refractivity contribution in [2.75, 3.05) is 0 Å². The minimum Gasteiger partial charge on any atom is -0.400 e. The molecule has 0 spiro atoms. The van der Waals surface area contributed by atoms with Gasteiger partial charge in [0.1, 0.15) is 8.07 Å². The lowest BCUT2D eigenvalue weighted by Crippen LogP contribution is -2.51. The first kappa shape index (κ1) is 26.4. The van der Waals surface area contributed by atoms with Crippen LogP contribution in [0.25, 0.3) is 5.47 Å². The molecule has 2 aliphatic rings. The maximum Gasteiger partial charge on any atom is 0.494 e. The van der Waals surface area contributed by atoms with Crippen LogP contribution in [0.1, 0.15) is 61.0 Å². The summed E-state index contributed by atoms with van der Waals surface area (Å²) >= 11 is 0. The summed E-state index contributed by atoms with van der Waals surface area (Å²) in [5, 5.41) is 2.47. The van der Waals surface area contributed by atoms with Gasteiger partial charge in [-0.25, -0.2) is 0 Å². The predicted molar refractivity (Wildman–Crippen MR) is 149 cm³/mol. The standard InChI is InChI=1S/C28H40B2O4Si/c1-25(2)26(3,4)32-29(31-25)23(21-17-13-11-14-18-21)24(30-33-27(5,6)28(7,8)34-30)35(9,10)22-19-15-12-16-20-22/h11-20H,1-10H3/b24-23-. The average molecular weight is 490 g/mol. The van der Waals surface area contributed by atoms with E-state index in [9.17, 15) is 0 Å². The number of hydrogen-bond donors (Lipinski definition) is 0. The highest BCUT2D eigenvalue weighted by molar-refractivity contribution is 7.07. The van der Waals surface area contributed by atoms with Gasteiger partial charge in [-0.3, -0.25) is 0 Å². The smallest absolute Gasteiger partial charge is 0.400 e. The second-order valence-electron chi connectivity index (χ2n) is 12.4. The molecule has 2 heterocycles. The van der Waals surface area contributed by atoms with Gasteiger partial charge in [0.25, 0.3) is 0 Å². The van der Waals surface area contributed by atoms with Gasteiger partial charge in [0.2, 0.25) is 0 Å². The molecular formula is C28H40B2O4Si. The van der Waals surface area contributed by atoms with Crippen molar-refractivity contribution in [1.29, 1.82) is 0 Å². The first-order valence-electron chi connectivity index (χ1n) is 12.7. The molecule has 0 aliphatic carbocycles. The zero-order valence-electron chi connectivity index (χ0n) is 23.1. The molecule has 2 aromatic rings. The maximum absolute atomic E-state index is 6.74. The van der Waals surface area contributed by atoms with Crippen molar-refractivity contribution in [2.45, 2.75) is 90.9 Å². The Balaban J connectivity index is 2.01. The predicted octanol–water partition coefficient (Wildman–Crippen LogP) is 5.86. The highest BCUT2D eigenvalue weighted by Gasteiger charge is 2.59. The summed E-state index contributed by atoms with van der Waals surface area (Å²) < 4.78 is 26.9. The molecule has 0 atom stereocenters. The van der Waals surface area contributed by atoms with Crippen LogP contribution < -0.4 is 5.19 Å². The van der Waals surface area contributed by atoms with E-state index in [1.165, 1.54) is 5.19 Å². The molecule has 4 rings (SSSR count). The van der Waals surface area contributed by atoms with Gasteiger partial charge in [-0.2, -0.15) is 0 Å². The van der Waals surface area contributed by atoms with E-state index >= 15 is 0 Å². The van der Waals surface area contributed by atoms with E-state index in [1.54, 1.807) is 0 Å². The minimum atomic E-state index is -2.34. The Kier molecular flexibility index (Phi) is 6.60. The quantitative estimate of drug-likeness (QED) is 0.493. The Morgan fingerprint density at radius 3 is 1.37 bits per heavy atom. The van der Waals surface area contributed by atoms with Crippen molar-refractivity contribution < 1.29 is 18.6 Å². The largest absolute Gasteiger partial charge is 0.494 e. The summed E-state index contributed by atoms with van der Waals surface area (Å²) in [5.41, 5.74) is 0.272. The molecule has 0 amide bonds. The molecule has 2 aromatic carbocycles. The molecule has 2 saturated heterocycles. The molecule has 2 fully saturated rings. The summed E-state index contributed by atoms with van der Waals surface area (Å²) in [5.74, 6) is 0. The van der Waals surface area contributed by atoms with E-state index in [4.69, 9.17) is 18.6 Å². The van der Waals surface area contributed by atoms with E-state index in [2.05, 4.69) is 123 Å². The number of hydrogen-bond acceptors (Lipinski definition) is 4. The molecule has 4 nitrogen and oxygen atoms in total. The third-order valence-corrected chi connectivity index (χ3v) is 12.2. The van der Waals surface area contributed by atoms with E-state index in [1.807, 2.05) is 6.07 Å². The highest BCUT2D eigenvalue weighted by Crippen LogP contribution is 2.46. The van der Waals surface area contributed by atoms with Gasteiger partial charge >= 0.3 is 14.2 Å². The molecule has 0 bridgehead atoms. The molecule has 0 unspecified atom stereocenters. The Morgan fingerprint density at radius 2 is 0.943 bits per heavy atom. The number of rotatable bonds is 5. The SMILES string of the molecule is CC1(C)OB(/C(=C(/B2OC(C)(C)C(C)(C)O2)[Si](C)(C)c2ccccc2)c2ccccc2)OC1(C)C. The van der Waals surface area contributed by atoms with Gasteiger partial charge in [0, 0.05) is 0 Å². The summed E-state index contributed by atoms with van der Waals surface area (Å²) in [6.07, 6.45) is 0. The van der Waals surface area contributed by atoms with Crippen LogP contribution >= 0.6 is 0 Å². The molecule has 186 valence electrons. The van der Waals surface area contributed by atoms with Gasteiger partial charge in [-0.05, 0) is 71.5 Å². The van der Waals surface area contributed by atoms with Crippen molar-refractivity contribution in [3.8, 4) is 0 Å². The van der Waals surface area contributed by atoms with Crippen molar-refractivity contribution in [1.82, 2.24) is 0 Å². The van der Waals surface area contributed by atoms with Gasteiger partial charge in [-0.1, -0.05) is 78.9 Å². The van der Waals surface area contributed by atoms with Crippen molar-refractivity contribution >= 4 is 33.0 Å². The summed E-state index contributed by atoms with van der Waals surface area (Å²) in [6.45, 7) is 21.6. The molecule has 7 heteroatoms. The van der Waals surface area contributed by atoms with Crippen LogP contribution in [0.15, 0.2) is 65.8 Å². The van der Waals surface area contributed by atoms with E-state index < -0.39 is 44.7 Å². The van der Waals surface area contributed by atoms with Crippen LogP contribution in [0.5, 0.6) is 0 Å². The first-order valence-corrected chi connectivity index (χ1v) is 15.7. The second-order valence-corrected chi connectivity index (χ2v) is 16.7. The molecular weight excluding hydrogens is 450 g/mol. The Hall–Kier alpha value is -1.63. The van der Waals surface area contributed by atoms with Gasteiger partial charge in [0.05, 0.1) is 22.4 Å². The molecule has 35 heavy (non-hydrogen) atoms. The van der Waals surface area contributed by atoms with Crippen molar-refractivity contribution in [3.63, 3.8) is 0 Å². The maximum atomic E-state index is 6.74. The minimum absolute atomic E-state index is 0.457. The number of benzene rings is 2. The topological polar surface area (TPSA) is 36.9 Å². The lowest BCUT2D eigenvalue weighted by atomic mass is 9.67. The molecule has 0 N–H and O–H groups in total. The third kappa shape index (κ3) is 4.62. The van der Waals surface area contributed by atoms with Gasteiger partial charge in [-0.15, -0.1) is 0 Å². The van der Waals surface area contributed by atoms with Crippen LogP contribution in [-0.4, -0.2) is 44.7 Å². The molecule has 0 saturated carbocycles. The van der Waals surface area contributed by atoms with E-state index in [0.717, 1.165) is 16.1 Å². The average Bonchev–Trinajstić information content (AvgIpc) is 3.11. The van der Waals surface area contributed by atoms with Crippen LogP contribution in [0.4, 0.5) is 0 Å². The van der Waals surface area contributed by atoms with Crippen LogP contribution in [-0.2, 0) is 18.6 Å². The summed E-state index contributed by atoms with van der Waals surface area (Å²) in [4.78, 5) is 0. The van der Waals surface area contributed by atoms with Gasteiger partial charge < -0.3 is 18.6 Å². The zero-order chi connectivity index (χ0) is 25.9. The Labute approximate surface area is 213 Å². The van der Waals surface area contributed by atoms with E-state index in [0.29, 0.717) is 0 Å². The Morgan fingerprint density at radius 1 is 0.571 bits per heavy atom. The van der Waals surface area contributed by atoms with Gasteiger partial charge in [0.15, 0.2) is 0 Å². The van der Waals surface area contributed by atoms with E-state index in [-0.39, 0.29) is 0 Å². The lowest BCUT2D eigenvalue weighted by molar-refractivity contribution is 0.00578. The van der Waals surface area contributed by atoms with Crippen LogP contribution in [0.3, 0.4) is 0 Å². The summed E-state index contributed by atoms with van der Waals surface area (Å²) in [6, 6.07) is 21.2. The fourth-order valence-electron chi connectivity index (χ4n) is 4.73. The first-order chi connectivity index (χ1) is 16.1. The summed E-state index contributed by atoms with van der Waals surface area (Å²) in [7, 11) is -3.37. The normalized spacial score (nSPS) is 23.4. The highest BCUT2D eigenvalue weighted by atomic mass is 28.3. The molecule has 0 aromatic heterocycles. The molecule has 2 aliphatic heterocycles. The van der Waals surface area contributed by atoms with Crippen LogP contribution in [0, 0.1) is 0 Å². The monoisotopic (exact) mass is 490 g/mol. The van der Waals surface area contributed by atoms with Crippen molar-refractivity contribution in [3.05, 3.63) is 71.3 Å². The fraction of sp³-hybridized carbons (Fsp3) is 0.500. The molecule has 0 radical (unpaired) electrons. The Bertz CT molecular complexity index is 1060. The fourth-order valence-corrected chi connectivity index (χ4v) is 7.71.